The quantitative estimate of drug-likeness (QED) is 0.413. The van der Waals surface area contributed by atoms with Crippen LogP contribution in [0.5, 0.6) is 0 Å². The second-order valence-electron chi connectivity index (χ2n) is 5.70. The van der Waals surface area contributed by atoms with Crippen molar-refractivity contribution in [3.63, 3.8) is 0 Å². The highest BCUT2D eigenvalue weighted by atomic mass is 35.5. The summed E-state index contributed by atoms with van der Waals surface area (Å²) in [4.78, 5) is 4.82. The summed E-state index contributed by atoms with van der Waals surface area (Å²) in [7, 11) is 0. The van der Waals surface area contributed by atoms with Crippen molar-refractivity contribution in [1.82, 2.24) is 9.55 Å². The Morgan fingerprint density at radius 1 is 0.875 bits per heavy atom. The Morgan fingerprint density at radius 3 is 2.38 bits per heavy atom. The van der Waals surface area contributed by atoms with E-state index in [4.69, 9.17) is 28.2 Å². The van der Waals surface area contributed by atoms with Gasteiger partial charge in [0.1, 0.15) is 5.82 Å². The van der Waals surface area contributed by atoms with Crippen LogP contribution in [0.1, 0.15) is 5.56 Å². The molecule has 0 saturated carbocycles. The predicted molar refractivity (Wildman–Crippen MR) is 101 cm³/mol. The van der Waals surface area contributed by atoms with Gasteiger partial charge in [-0.2, -0.15) is 0 Å². The second-order valence-corrected chi connectivity index (χ2v) is 6.54. The first-order chi connectivity index (χ1) is 11.6. The van der Waals surface area contributed by atoms with Gasteiger partial charge in [-0.05, 0) is 61.0 Å². The number of hydrogen-bond donors (Lipinski definition) is 0. The summed E-state index contributed by atoms with van der Waals surface area (Å²) < 4.78 is 2.13. The zero-order valence-corrected chi connectivity index (χ0v) is 14.5. The van der Waals surface area contributed by atoms with Crippen molar-refractivity contribution in [3.05, 3.63) is 82.3 Å². The number of imidazole rings is 1. The van der Waals surface area contributed by atoms with Crippen molar-refractivity contribution >= 4 is 34.2 Å². The topological polar surface area (TPSA) is 17.8 Å². The van der Waals surface area contributed by atoms with Gasteiger partial charge < -0.3 is 0 Å². The fourth-order valence-electron chi connectivity index (χ4n) is 2.80. The molecular weight excluding hydrogens is 339 g/mol. The molecule has 0 radical (unpaired) electrons. The number of para-hydroxylation sites is 2. The molecule has 3 aromatic carbocycles. The lowest BCUT2D eigenvalue weighted by atomic mass is 10.2. The summed E-state index contributed by atoms with van der Waals surface area (Å²) in [5, 5.41) is 1.45. The lowest BCUT2D eigenvalue weighted by Gasteiger charge is -2.11. The van der Waals surface area contributed by atoms with Gasteiger partial charge in [0.05, 0.1) is 11.0 Å². The smallest absolute Gasteiger partial charge is 0.145 e. The first-order valence-corrected chi connectivity index (χ1v) is 8.39. The maximum absolute atomic E-state index is 6.35. The Hall–Kier alpha value is -2.29. The molecule has 4 aromatic rings. The zero-order valence-electron chi connectivity index (χ0n) is 13.0. The van der Waals surface area contributed by atoms with Gasteiger partial charge in [-0.15, -0.1) is 0 Å². The largest absolute Gasteiger partial charge is 0.292 e. The maximum Gasteiger partial charge on any atom is 0.145 e. The van der Waals surface area contributed by atoms with Gasteiger partial charge in [-0.3, -0.25) is 4.57 Å². The zero-order chi connectivity index (χ0) is 16.7. The summed E-state index contributed by atoms with van der Waals surface area (Å²) >= 11 is 12.4. The molecule has 2 nitrogen and oxygen atoms in total. The van der Waals surface area contributed by atoms with Crippen LogP contribution >= 0.6 is 23.2 Å². The summed E-state index contributed by atoms with van der Waals surface area (Å²) in [6, 6.07) is 21.9. The summed E-state index contributed by atoms with van der Waals surface area (Å²) in [6.07, 6.45) is 0. The van der Waals surface area contributed by atoms with E-state index in [-0.39, 0.29) is 0 Å². The molecule has 0 N–H and O–H groups in total. The monoisotopic (exact) mass is 352 g/mol. The fourth-order valence-corrected chi connectivity index (χ4v) is 3.10. The predicted octanol–water partition coefficient (Wildman–Crippen LogP) is 6.31. The minimum atomic E-state index is 0.708. The van der Waals surface area contributed by atoms with E-state index >= 15 is 0 Å². The highest BCUT2D eigenvalue weighted by Crippen LogP contribution is 2.30. The standard InChI is InChI=1S/C20H14Cl2N2/c1-13-6-11-16(12-17(13)22)24-19-5-3-2-4-18(19)23-20(24)14-7-9-15(21)10-8-14/h2-12H,1H3. The van der Waals surface area contributed by atoms with E-state index in [9.17, 15) is 0 Å². The van der Waals surface area contributed by atoms with Crippen LogP contribution in [0, 0.1) is 6.92 Å². The number of rotatable bonds is 2. The highest BCUT2D eigenvalue weighted by molar-refractivity contribution is 6.31. The Balaban J connectivity index is 2.03. The molecule has 0 fully saturated rings. The van der Waals surface area contributed by atoms with Crippen molar-refractivity contribution in [2.24, 2.45) is 0 Å². The number of hydrogen-bond acceptors (Lipinski definition) is 1. The van der Waals surface area contributed by atoms with E-state index in [1.807, 2.05) is 61.5 Å². The van der Waals surface area contributed by atoms with Gasteiger partial charge in [-0.25, -0.2) is 4.98 Å². The Bertz CT molecular complexity index is 1030. The number of aryl methyl sites for hydroxylation is 1. The molecule has 0 spiro atoms. The average molecular weight is 353 g/mol. The summed E-state index contributed by atoms with van der Waals surface area (Å²) in [5.41, 5.74) is 5.04. The van der Waals surface area contributed by atoms with Crippen LogP contribution in [0.3, 0.4) is 0 Å². The molecule has 118 valence electrons. The van der Waals surface area contributed by atoms with Crippen LogP contribution in [0.4, 0.5) is 0 Å². The van der Waals surface area contributed by atoms with Crippen molar-refractivity contribution in [1.29, 1.82) is 0 Å². The number of fused-ring (bicyclic) bond motifs is 1. The van der Waals surface area contributed by atoms with Gasteiger partial charge in [0.25, 0.3) is 0 Å². The van der Waals surface area contributed by atoms with Crippen LogP contribution in [0.25, 0.3) is 28.1 Å². The summed E-state index contributed by atoms with van der Waals surface area (Å²) in [6.45, 7) is 2.00. The SMILES string of the molecule is Cc1ccc(-n2c(-c3ccc(Cl)cc3)nc3ccccc32)cc1Cl. The van der Waals surface area contributed by atoms with Gasteiger partial charge in [0.2, 0.25) is 0 Å². The molecule has 0 aliphatic carbocycles. The van der Waals surface area contributed by atoms with Crippen molar-refractivity contribution in [2.75, 3.05) is 0 Å². The summed E-state index contributed by atoms with van der Waals surface area (Å²) in [5.74, 6) is 0.868. The molecule has 0 saturated heterocycles. The Labute approximate surface area is 150 Å². The van der Waals surface area contributed by atoms with Crippen LogP contribution in [0.15, 0.2) is 66.7 Å². The number of halogens is 2. The normalized spacial score (nSPS) is 11.1. The second kappa shape index (κ2) is 5.97. The van der Waals surface area contributed by atoms with Crippen molar-refractivity contribution in [2.45, 2.75) is 6.92 Å². The Kier molecular flexibility index (Phi) is 3.79. The van der Waals surface area contributed by atoms with Crippen LogP contribution in [-0.2, 0) is 0 Å². The van der Waals surface area contributed by atoms with E-state index < -0.39 is 0 Å². The van der Waals surface area contributed by atoms with Crippen molar-refractivity contribution < 1.29 is 0 Å². The van der Waals surface area contributed by atoms with Crippen molar-refractivity contribution in [3.8, 4) is 17.1 Å². The Morgan fingerprint density at radius 2 is 1.62 bits per heavy atom. The molecule has 0 bridgehead atoms. The van der Waals surface area contributed by atoms with Gasteiger partial charge in [0, 0.05) is 21.3 Å². The molecule has 1 aromatic heterocycles. The van der Waals surface area contributed by atoms with E-state index in [1.54, 1.807) is 0 Å². The molecule has 4 rings (SSSR count). The van der Waals surface area contributed by atoms with Crippen LogP contribution < -0.4 is 0 Å². The minimum Gasteiger partial charge on any atom is -0.292 e. The molecule has 4 heteroatoms. The van der Waals surface area contributed by atoms with Crippen LogP contribution in [0.2, 0.25) is 10.0 Å². The molecule has 24 heavy (non-hydrogen) atoms. The first-order valence-electron chi connectivity index (χ1n) is 7.63. The third kappa shape index (κ3) is 2.58. The van der Waals surface area contributed by atoms with E-state index in [2.05, 4.69) is 16.7 Å². The lowest BCUT2D eigenvalue weighted by Crippen LogP contribution is -1.98. The van der Waals surface area contributed by atoms with E-state index in [0.29, 0.717) is 5.02 Å². The number of aromatic nitrogens is 2. The van der Waals surface area contributed by atoms with E-state index in [1.165, 1.54) is 0 Å². The number of benzene rings is 3. The van der Waals surface area contributed by atoms with Gasteiger partial charge >= 0.3 is 0 Å². The molecule has 0 atom stereocenters. The number of nitrogens with zero attached hydrogens (tertiary/aromatic N) is 2. The third-order valence-corrected chi connectivity index (χ3v) is 4.74. The fraction of sp³-hybridized carbons (Fsp3) is 0.0500. The van der Waals surface area contributed by atoms with Gasteiger partial charge in [0.15, 0.2) is 0 Å². The maximum atomic E-state index is 6.35. The minimum absolute atomic E-state index is 0.708. The molecular formula is C20H14Cl2N2. The van der Waals surface area contributed by atoms with E-state index in [0.717, 1.165) is 38.7 Å². The van der Waals surface area contributed by atoms with Gasteiger partial charge in [-0.1, -0.05) is 41.4 Å². The molecule has 0 unspecified atom stereocenters. The molecule has 0 aliphatic rings. The first kappa shape index (κ1) is 15.3. The lowest BCUT2D eigenvalue weighted by molar-refractivity contribution is 1.10. The molecule has 1 heterocycles. The molecule has 0 amide bonds. The molecule has 0 aliphatic heterocycles. The third-order valence-electron chi connectivity index (χ3n) is 4.08. The highest BCUT2D eigenvalue weighted by Gasteiger charge is 2.14. The average Bonchev–Trinajstić information content (AvgIpc) is 2.97. The van der Waals surface area contributed by atoms with Crippen LogP contribution in [-0.4, -0.2) is 9.55 Å².